The number of rotatable bonds is 5. The van der Waals surface area contributed by atoms with Gasteiger partial charge in [-0.05, 0) is 17.7 Å². The number of anilines is 1. The van der Waals surface area contributed by atoms with Crippen LogP contribution < -0.4 is 20.7 Å². The molecule has 0 fully saturated rings. The highest BCUT2D eigenvalue weighted by Gasteiger charge is 2.36. The maximum absolute atomic E-state index is 12.7. The number of para-hydroxylation sites is 2. The number of nitrogens with one attached hydrogen (secondary N) is 1. The zero-order chi connectivity index (χ0) is 18.7. The molecule has 3 N–H and O–H groups in total. The van der Waals surface area contributed by atoms with E-state index in [9.17, 15) is 9.59 Å². The molecular weight excluding hydrogens is 330 g/mol. The van der Waals surface area contributed by atoms with E-state index < -0.39 is 12.1 Å². The highest BCUT2D eigenvalue weighted by Crippen LogP contribution is 2.32. The minimum Gasteiger partial charge on any atom is -0.496 e. The quantitative estimate of drug-likeness (QED) is 0.858. The molecule has 0 bridgehead atoms. The molecule has 6 nitrogen and oxygen atoms in total. The Hall–Kier alpha value is -2.86. The predicted octanol–water partition coefficient (Wildman–Crippen LogP) is 1.79. The van der Waals surface area contributed by atoms with Crippen molar-refractivity contribution in [3.8, 4) is 5.75 Å². The number of methoxy groups -OCH3 is 1. The predicted molar refractivity (Wildman–Crippen MR) is 100 cm³/mol. The topological polar surface area (TPSA) is 84.7 Å². The Kier molecular flexibility index (Phi) is 5.23. The van der Waals surface area contributed by atoms with Gasteiger partial charge < -0.3 is 15.8 Å². The first-order valence-corrected chi connectivity index (χ1v) is 8.57. The number of benzene rings is 2. The minimum absolute atomic E-state index is 0.149. The molecule has 0 spiro atoms. The Morgan fingerprint density at radius 2 is 1.92 bits per heavy atom. The average Bonchev–Trinajstić information content (AvgIpc) is 3.05. The van der Waals surface area contributed by atoms with Gasteiger partial charge in [0, 0.05) is 31.1 Å². The summed E-state index contributed by atoms with van der Waals surface area (Å²) in [7, 11) is 1.59. The lowest BCUT2D eigenvalue weighted by molar-refractivity contribution is -0.125. The van der Waals surface area contributed by atoms with Crippen molar-refractivity contribution >= 4 is 17.5 Å². The van der Waals surface area contributed by atoms with Crippen LogP contribution in [0.4, 0.5) is 5.69 Å². The van der Waals surface area contributed by atoms with Crippen LogP contribution in [-0.2, 0) is 16.0 Å². The number of carbonyl (C=O) groups excluding carboxylic acids is 2. The van der Waals surface area contributed by atoms with Gasteiger partial charge in [-0.25, -0.2) is 0 Å². The Bertz CT molecular complexity index is 821. The number of carbonyl (C=O) groups is 2. The molecule has 0 aliphatic carbocycles. The van der Waals surface area contributed by atoms with E-state index in [0.717, 1.165) is 16.8 Å². The van der Waals surface area contributed by atoms with Crippen molar-refractivity contribution in [2.75, 3.05) is 18.6 Å². The fraction of sp³-hybridized carbons (Fsp3) is 0.300. The number of fused-ring (bicyclic) bond motifs is 1. The second kappa shape index (κ2) is 7.58. The lowest BCUT2D eigenvalue weighted by Gasteiger charge is -2.24. The molecule has 2 aromatic carbocycles. The van der Waals surface area contributed by atoms with Crippen LogP contribution in [0.1, 0.15) is 24.1 Å². The summed E-state index contributed by atoms with van der Waals surface area (Å²) < 4.78 is 5.32. The molecule has 1 aliphatic rings. The van der Waals surface area contributed by atoms with Gasteiger partial charge in [-0.2, -0.15) is 0 Å². The van der Waals surface area contributed by atoms with E-state index in [1.54, 1.807) is 12.0 Å². The lowest BCUT2D eigenvalue weighted by Crippen LogP contribution is -2.48. The largest absolute Gasteiger partial charge is 0.496 e. The van der Waals surface area contributed by atoms with E-state index in [-0.39, 0.29) is 18.4 Å². The molecule has 0 saturated heterocycles. The Balaban J connectivity index is 1.69. The summed E-state index contributed by atoms with van der Waals surface area (Å²) in [6.07, 6.45) is 0.505. The van der Waals surface area contributed by atoms with E-state index in [4.69, 9.17) is 10.5 Å². The number of hydrogen-bond acceptors (Lipinski definition) is 4. The van der Waals surface area contributed by atoms with Crippen LogP contribution in [0.15, 0.2) is 48.5 Å². The number of nitrogens with two attached hydrogens (primary N) is 1. The van der Waals surface area contributed by atoms with Crippen molar-refractivity contribution in [1.82, 2.24) is 5.32 Å². The molecule has 2 aromatic rings. The summed E-state index contributed by atoms with van der Waals surface area (Å²) in [6.45, 7) is 1.74. The molecule has 0 aromatic heterocycles. The van der Waals surface area contributed by atoms with Gasteiger partial charge in [-0.3, -0.25) is 14.5 Å². The van der Waals surface area contributed by atoms with E-state index in [2.05, 4.69) is 5.32 Å². The van der Waals surface area contributed by atoms with Gasteiger partial charge in [-0.15, -0.1) is 0 Å². The van der Waals surface area contributed by atoms with Crippen LogP contribution in [0.5, 0.6) is 5.75 Å². The maximum Gasteiger partial charge on any atom is 0.243 e. The second-order valence-electron chi connectivity index (χ2n) is 6.33. The van der Waals surface area contributed by atoms with Crippen molar-refractivity contribution < 1.29 is 14.3 Å². The van der Waals surface area contributed by atoms with E-state index in [1.807, 2.05) is 48.5 Å². The minimum atomic E-state index is -0.547. The Labute approximate surface area is 152 Å². The van der Waals surface area contributed by atoms with Gasteiger partial charge >= 0.3 is 0 Å². The van der Waals surface area contributed by atoms with Crippen LogP contribution in [-0.4, -0.2) is 31.5 Å². The summed E-state index contributed by atoms with van der Waals surface area (Å²) in [5, 5.41) is 2.88. The van der Waals surface area contributed by atoms with Gasteiger partial charge in [-0.1, -0.05) is 36.4 Å². The third-order valence-electron chi connectivity index (χ3n) is 4.65. The third kappa shape index (κ3) is 3.41. The van der Waals surface area contributed by atoms with Crippen molar-refractivity contribution in [3.63, 3.8) is 0 Å². The van der Waals surface area contributed by atoms with E-state index in [0.29, 0.717) is 12.2 Å². The summed E-state index contributed by atoms with van der Waals surface area (Å²) in [5.74, 6) is 0.332. The number of nitrogens with zero attached hydrogens (tertiary/aromatic N) is 1. The van der Waals surface area contributed by atoms with Crippen LogP contribution >= 0.6 is 0 Å². The molecule has 3 rings (SSSR count). The molecule has 6 heteroatoms. The first-order valence-electron chi connectivity index (χ1n) is 8.57. The normalized spacial score (nSPS) is 16.7. The number of amides is 2. The fourth-order valence-electron chi connectivity index (χ4n) is 3.40. The van der Waals surface area contributed by atoms with Gasteiger partial charge in [0.1, 0.15) is 11.8 Å². The summed E-state index contributed by atoms with van der Waals surface area (Å²) >= 11 is 0. The maximum atomic E-state index is 12.7. The summed E-state index contributed by atoms with van der Waals surface area (Å²) in [5.41, 5.74) is 8.85. The molecule has 1 aliphatic heterocycles. The summed E-state index contributed by atoms with van der Waals surface area (Å²) in [4.78, 5) is 26.4. The second-order valence-corrected chi connectivity index (χ2v) is 6.33. The first-order chi connectivity index (χ1) is 12.5. The highest BCUT2D eigenvalue weighted by molar-refractivity contribution is 6.02. The van der Waals surface area contributed by atoms with Gasteiger partial charge in [0.15, 0.2) is 0 Å². The molecule has 26 heavy (non-hydrogen) atoms. The smallest absolute Gasteiger partial charge is 0.243 e. The monoisotopic (exact) mass is 353 g/mol. The van der Waals surface area contributed by atoms with E-state index in [1.165, 1.54) is 6.92 Å². The molecule has 136 valence electrons. The van der Waals surface area contributed by atoms with Crippen LogP contribution in [0.3, 0.4) is 0 Å². The zero-order valence-electron chi connectivity index (χ0n) is 14.9. The van der Waals surface area contributed by atoms with Crippen LogP contribution in [0, 0.1) is 0 Å². The highest BCUT2D eigenvalue weighted by atomic mass is 16.5. The molecule has 2 atom stereocenters. The lowest BCUT2D eigenvalue weighted by atomic mass is 10.1. The van der Waals surface area contributed by atoms with Crippen molar-refractivity contribution in [2.24, 2.45) is 5.73 Å². The van der Waals surface area contributed by atoms with Crippen molar-refractivity contribution in [1.29, 1.82) is 0 Å². The number of ether oxygens (including phenoxy) is 1. The molecule has 1 unspecified atom stereocenters. The molecule has 2 amide bonds. The van der Waals surface area contributed by atoms with Gasteiger partial charge in [0.2, 0.25) is 11.8 Å². The standard InChI is InChI=1S/C20H23N3O3/c1-13(24)23-17-9-5-3-7-14(17)11-18(23)20(25)22-12-16(21)15-8-4-6-10-19(15)26-2/h3-10,16,18H,11-12,21H2,1-2H3,(H,22,25)/t16?,18-/m0/s1. The SMILES string of the molecule is COc1ccccc1C(N)CNC(=O)[C@@H]1Cc2ccccc2N1C(C)=O. The zero-order valence-corrected chi connectivity index (χ0v) is 14.9. The van der Waals surface area contributed by atoms with E-state index >= 15 is 0 Å². The first kappa shape index (κ1) is 17.9. The summed E-state index contributed by atoms with van der Waals surface area (Å²) in [6, 6.07) is 14.1. The third-order valence-corrected chi connectivity index (χ3v) is 4.65. The van der Waals surface area contributed by atoms with Gasteiger partial charge in [0.05, 0.1) is 13.2 Å². The van der Waals surface area contributed by atoms with Crippen LogP contribution in [0.25, 0.3) is 0 Å². The Morgan fingerprint density at radius 3 is 2.65 bits per heavy atom. The molecule has 0 saturated carbocycles. The van der Waals surface area contributed by atoms with Crippen molar-refractivity contribution in [3.05, 3.63) is 59.7 Å². The average molecular weight is 353 g/mol. The fourth-order valence-corrected chi connectivity index (χ4v) is 3.40. The molecular formula is C20H23N3O3. The Morgan fingerprint density at radius 1 is 1.23 bits per heavy atom. The number of hydrogen-bond donors (Lipinski definition) is 2. The molecule has 0 radical (unpaired) electrons. The van der Waals surface area contributed by atoms with Crippen molar-refractivity contribution in [2.45, 2.75) is 25.4 Å². The van der Waals surface area contributed by atoms with Gasteiger partial charge in [0.25, 0.3) is 0 Å². The van der Waals surface area contributed by atoms with Crippen LogP contribution in [0.2, 0.25) is 0 Å². The molecule has 1 heterocycles.